The van der Waals surface area contributed by atoms with Gasteiger partial charge in [-0.15, -0.1) is 0 Å². The van der Waals surface area contributed by atoms with E-state index in [-0.39, 0.29) is 11.3 Å². The minimum absolute atomic E-state index is 0.0450. The molecule has 0 saturated carbocycles. The number of nitrogens with zero attached hydrogens (tertiary/aromatic N) is 1. The lowest BCUT2D eigenvalue weighted by Gasteiger charge is -2.26. The maximum Gasteiger partial charge on any atom is 0.290 e. The standard InChI is InChI=1S/C19H18INO5/c1-25-10-3-9-21-16(12-5-7-13(20)8-6-12)15(18(23)19(21)24)17(22)14-4-2-11-26-14/h2,4-8,11,16,23H,3,9-10H2,1H3/t16-/m0/s1. The molecule has 1 N–H and O–H groups in total. The van der Waals surface area contributed by atoms with E-state index in [1.807, 2.05) is 24.3 Å². The van der Waals surface area contributed by atoms with Crippen LogP contribution in [0.2, 0.25) is 0 Å². The molecule has 1 atom stereocenters. The van der Waals surface area contributed by atoms with Crippen molar-refractivity contribution in [3.63, 3.8) is 0 Å². The molecule has 136 valence electrons. The Morgan fingerprint density at radius 2 is 2.04 bits per heavy atom. The summed E-state index contributed by atoms with van der Waals surface area (Å²) in [6, 6.07) is 9.97. The monoisotopic (exact) mass is 467 g/mol. The number of benzene rings is 1. The first-order chi connectivity index (χ1) is 12.5. The van der Waals surface area contributed by atoms with E-state index in [0.717, 1.165) is 9.13 Å². The van der Waals surface area contributed by atoms with Crippen LogP contribution in [-0.4, -0.2) is 42.0 Å². The normalized spacial score (nSPS) is 17.2. The molecule has 7 heteroatoms. The number of ether oxygens (including phenoxy) is 1. The number of amides is 1. The molecule has 1 aromatic heterocycles. The zero-order chi connectivity index (χ0) is 18.7. The van der Waals surface area contributed by atoms with Crippen LogP contribution < -0.4 is 0 Å². The molecular formula is C19H18INO5. The summed E-state index contributed by atoms with van der Waals surface area (Å²) in [6.45, 7) is 0.841. The van der Waals surface area contributed by atoms with Crippen LogP contribution in [0, 0.1) is 3.57 Å². The van der Waals surface area contributed by atoms with Crippen molar-refractivity contribution in [1.82, 2.24) is 4.90 Å². The highest BCUT2D eigenvalue weighted by Gasteiger charge is 2.44. The van der Waals surface area contributed by atoms with Gasteiger partial charge in [0.25, 0.3) is 5.91 Å². The van der Waals surface area contributed by atoms with Gasteiger partial charge in [0.15, 0.2) is 11.5 Å². The van der Waals surface area contributed by atoms with E-state index in [9.17, 15) is 14.7 Å². The van der Waals surface area contributed by atoms with E-state index in [0.29, 0.717) is 19.6 Å². The summed E-state index contributed by atoms with van der Waals surface area (Å²) >= 11 is 2.19. The van der Waals surface area contributed by atoms with Crippen LogP contribution in [0.5, 0.6) is 0 Å². The maximum atomic E-state index is 12.9. The van der Waals surface area contributed by atoms with Crippen LogP contribution in [-0.2, 0) is 9.53 Å². The molecule has 3 rings (SSSR count). The zero-order valence-corrected chi connectivity index (χ0v) is 16.3. The number of aliphatic hydroxyl groups excluding tert-OH is 1. The maximum absolute atomic E-state index is 12.9. The van der Waals surface area contributed by atoms with Gasteiger partial charge >= 0.3 is 0 Å². The lowest BCUT2D eigenvalue weighted by Crippen LogP contribution is -2.32. The fraction of sp³-hybridized carbons (Fsp3) is 0.263. The topological polar surface area (TPSA) is 80.0 Å². The van der Waals surface area contributed by atoms with Gasteiger partial charge in [-0.2, -0.15) is 0 Å². The second kappa shape index (κ2) is 8.05. The Balaban J connectivity index is 2.02. The molecule has 0 unspecified atom stereocenters. The predicted octanol–water partition coefficient (Wildman–Crippen LogP) is 3.50. The van der Waals surface area contributed by atoms with Gasteiger partial charge in [-0.3, -0.25) is 9.59 Å². The summed E-state index contributed by atoms with van der Waals surface area (Å²) in [7, 11) is 1.59. The molecule has 1 aromatic carbocycles. The van der Waals surface area contributed by atoms with Crippen molar-refractivity contribution < 1.29 is 23.8 Å². The second-order valence-electron chi connectivity index (χ2n) is 5.87. The number of rotatable bonds is 7. The van der Waals surface area contributed by atoms with Gasteiger partial charge in [-0.25, -0.2) is 0 Å². The smallest absolute Gasteiger partial charge is 0.290 e. The lowest BCUT2D eigenvalue weighted by atomic mass is 9.95. The third-order valence-electron chi connectivity index (χ3n) is 4.23. The molecule has 0 spiro atoms. The largest absolute Gasteiger partial charge is 0.503 e. The molecular weight excluding hydrogens is 449 g/mol. The van der Waals surface area contributed by atoms with Gasteiger partial charge < -0.3 is 19.2 Å². The number of aliphatic hydroxyl groups is 1. The Bertz CT molecular complexity index is 826. The average molecular weight is 467 g/mol. The molecule has 2 heterocycles. The minimum Gasteiger partial charge on any atom is -0.503 e. The second-order valence-corrected chi connectivity index (χ2v) is 7.11. The van der Waals surface area contributed by atoms with Crippen molar-refractivity contribution in [2.24, 2.45) is 0 Å². The van der Waals surface area contributed by atoms with Gasteiger partial charge in [-0.1, -0.05) is 12.1 Å². The lowest BCUT2D eigenvalue weighted by molar-refractivity contribution is -0.129. The van der Waals surface area contributed by atoms with Crippen LogP contribution in [0.3, 0.4) is 0 Å². The summed E-state index contributed by atoms with van der Waals surface area (Å²) in [5.41, 5.74) is 0.804. The van der Waals surface area contributed by atoms with Crippen LogP contribution in [0.1, 0.15) is 28.6 Å². The fourth-order valence-corrected chi connectivity index (χ4v) is 3.39. The molecule has 1 aliphatic heterocycles. The van der Waals surface area contributed by atoms with Crippen molar-refractivity contribution in [2.75, 3.05) is 20.3 Å². The van der Waals surface area contributed by atoms with Crippen LogP contribution in [0.4, 0.5) is 0 Å². The van der Waals surface area contributed by atoms with Crippen molar-refractivity contribution in [3.05, 3.63) is 68.9 Å². The SMILES string of the molecule is COCCCN1C(=O)C(O)=C(C(=O)c2ccco2)[C@@H]1c1ccc(I)cc1. The number of furan rings is 1. The van der Waals surface area contributed by atoms with Gasteiger partial charge in [0, 0.05) is 23.8 Å². The molecule has 6 nitrogen and oxygen atoms in total. The number of Topliss-reactive ketones (excluding diaryl/α,β-unsaturated/α-hetero) is 1. The van der Waals surface area contributed by atoms with Crippen LogP contribution >= 0.6 is 22.6 Å². The zero-order valence-electron chi connectivity index (χ0n) is 14.1. The van der Waals surface area contributed by atoms with E-state index < -0.39 is 23.5 Å². The number of hydrogen-bond donors (Lipinski definition) is 1. The van der Waals surface area contributed by atoms with Gasteiger partial charge in [-0.05, 0) is 58.8 Å². The number of hydrogen-bond acceptors (Lipinski definition) is 5. The number of carbonyl (C=O) groups is 2. The summed E-state index contributed by atoms with van der Waals surface area (Å²) in [4.78, 5) is 27.0. The van der Waals surface area contributed by atoms with Crippen LogP contribution in [0.25, 0.3) is 0 Å². The van der Waals surface area contributed by atoms with E-state index in [2.05, 4.69) is 22.6 Å². The highest BCUT2D eigenvalue weighted by atomic mass is 127. The summed E-state index contributed by atoms with van der Waals surface area (Å²) in [5, 5.41) is 10.4. The van der Waals surface area contributed by atoms with Crippen molar-refractivity contribution in [1.29, 1.82) is 0 Å². The molecule has 2 aromatic rings. The third-order valence-corrected chi connectivity index (χ3v) is 4.95. The van der Waals surface area contributed by atoms with Gasteiger partial charge in [0.2, 0.25) is 5.78 Å². The Labute approximate surface area is 164 Å². The van der Waals surface area contributed by atoms with E-state index >= 15 is 0 Å². The third kappa shape index (κ3) is 3.54. The fourth-order valence-electron chi connectivity index (χ4n) is 3.03. The number of methoxy groups -OCH3 is 1. The Morgan fingerprint density at radius 3 is 2.65 bits per heavy atom. The Kier molecular flexibility index (Phi) is 5.77. The molecule has 1 aliphatic rings. The van der Waals surface area contributed by atoms with E-state index in [1.54, 1.807) is 13.2 Å². The molecule has 0 aliphatic carbocycles. The number of carbonyl (C=O) groups excluding carboxylic acids is 2. The molecule has 0 bridgehead atoms. The molecule has 26 heavy (non-hydrogen) atoms. The quantitative estimate of drug-likeness (QED) is 0.383. The number of ketones is 1. The highest BCUT2D eigenvalue weighted by molar-refractivity contribution is 14.1. The van der Waals surface area contributed by atoms with Gasteiger partial charge in [0.05, 0.1) is 17.9 Å². The summed E-state index contributed by atoms with van der Waals surface area (Å²) in [6.07, 6.45) is 1.98. The van der Waals surface area contributed by atoms with Gasteiger partial charge in [0.1, 0.15) is 0 Å². The molecule has 0 saturated heterocycles. The van der Waals surface area contributed by atoms with Crippen molar-refractivity contribution in [3.8, 4) is 0 Å². The molecule has 1 amide bonds. The van der Waals surface area contributed by atoms with Crippen molar-refractivity contribution >= 4 is 34.3 Å². The predicted molar refractivity (Wildman–Crippen MR) is 103 cm³/mol. The first kappa shape index (κ1) is 18.7. The Morgan fingerprint density at radius 1 is 1.31 bits per heavy atom. The Hall–Kier alpha value is -2.13. The number of halogens is 1. The van der Waals surface area contributed by atoms with Crippen molar-refractivity contribution in [2.45, 2.75) is 12.5 Å². The first-order valence-electron chi connectivity index (χ1n) is 8.11. The summed E-state index contributed by atoms with van der Waals surface area (Å²) in [5.74, 6) is -1.47. The van der Waals surface area contributed by atoms with E-state index in [1.165, 1.54) is 17.2 Å². The van der Waals surface area contributed by atoms with E-state index in [4.69, 9.17) is 9.15 Å². The van der Waals surface area contributed by atoms with Crippen LogP contribution in [0.15, 0.2) is 58.4 Å². The minimum atomic E-state index is -0.658. The highest BCUT2D eigenvalue weighted by Crippen LogP contribution is 2.39. The first-order valence-corrected chi connectivity index (χ1v) is 9.19. The molecule has 0 radical (unpaired) electrons. The molecule has 0 fully saturated rings. The average Bonchev–Trinajstić information content (AvgIpc) is 3.25. The summed E-state index contributed by atoms with van der Waals surface area (Å²) < 4.78 is 11.3.